The molecule has 0 heterocycles. The van der Waals surface area contributed by atoms with Gasteiger partial charge in [-0.1, -0.05) is 30.3 Å². The van der Waals surface area contributed by atoms with Gasteiger partial charge in [-0.25, -0.2) is 0 Å². The molecule has 0 aliphatic carbocycles. The number of nitro groups is 1. The number of nitrogens with zero attached hydrogens (tertiary/aromatic N) is 2. The molecule has 0 aliphatic rings. The fourth-order valence-corrected chi connectivity index (χ4v) is 3.30. The zero-order chi connectivity index (χ0) is 22.7. The molecular formula is C24H23N3O4. The van der Waals surface area contributed by atoms with Gasteiger partial charge >= 0.3 is 0 Å². The molecule has 0 fully saturated rings. The second-order valence-corrected chi connectivity index (χ2v) is 7.43. The summed E-state index contributed by atoms with van der Waals surface area (Å²) in [5.41, 5.74) is 3.38. The normalized spacial score (nSPS) is 10.5. The lowest BCUT2D eigenvalue weighted by Gasteiger charge is -2.14. The van der Waals surface area contributed by atoms with Gasteiger partial charge in [-0.15, -0.1) is 0 Å². The Hall–Kier alpha value is -4.00. The van der Waals surface area contributed by atoms with Gasteiger partial charge in [0, 0.05) is 37.0 Å². The van der Waals surface area contributed by atoms with Crippen molar-refractivity contribution in [3.63, 3.8) is 0 Å². The van der Waals surface area contributed by atoms with E-state index in [0.717, 1.165) is 11.1 Å². The largest absolute Gasteiger partial charge is 0.372 e. The number of nitro benzene ring substituents is 1. The first-order valence-electron chi connectivity index (χ1n) is 9.67. The Kier molecular flexibility index (Phi) is 6.15. The predicted molar refractivity (Wildman–Crippen MR) is 121 cm³/mol. The molecule has 158 valence electrons. The number of hydrogen-bond acceptors (Lipinski definition) is 5. The number of nitrogens with one attached hydrogen (secondary N) is 1. The monoisotopic (exact) mass is 417 g/mol. The third-order valence-electron chi connectivity index (χ3n) is 5.19. The van der Waals surface area contributed by atoms with Crippen molar-refractivity contribution < 1.29 is 14.5 Å². The number of carbonyl (C=O) groups is 2. The Morgan fingerprint density at radius 1 is 0.935 bits per heavy atom. The number of hydrogen-bond donors (Lipinski definition) is 1. The average molecular weight is 417 g/mol. The van der Waals surface area contributed by atoms with Gasteiger partial charge in [-0.2, -0.15) is 0 Å². The van der Waals surface area contributed by atoms with Gasteiger partial charge < -0.3 is 10.2 Å². The van der Waals surface area contributed by atoms with E-state index in [4.69, 9.17) is 0 Å². The highest BCUT2D eigenvalue weighted by Crippen LogP contribution is 2.29. The molecule has 7 nitrogen and oxygen atoms in total. The molecule has 0 radical (unpaired) electrons. The van der Waals surface area contributed by atoms with Crippen molar-refractivity contribution in [3.8, 4) is 0 Å². The quantitative estimate of drug-likeness (QED) is 0.355. The summed E-state index contributed by atoms with van der Waals surface area (Å²) in [6.45, 7) is 3.86. The van der Waals surface area contributed by atoms with Crippen molar-refractivity contribution in [1.29, 1.82) is 0 Å². The molecule has 31 heavy (non-hydrogen) atoms. The SMILES string of the molecule is Cc1cccc(NC(=O)c2ccccc2C(=O)c2ccc(N(C)C)c([N+](=O)[O-])c2)c1C. The molecule has 0 atom stereocenters. The van der Waals surface area contributed by atoms with E-state index in [0.29, 0.717) is 11.4 Å². The Morgan fingerprint density at radius 2 is 1.61 bits per heavy atom. The second kappa shape index (κ2) is 8.79. The first-order chi connectivity index (χ1) is 14.7. The molecule has 7 heteroatoms. The summed E-state index contributed by atoms with van der Waals surface area (Å²) in [5, 5.41) is 14.3. The maximum atomic E-state index is 13.2. The molecule has 1 N–H and O–H groups in total. The standard InChI is InChI=1S/C24H23N3O4/c1-15-8-7-11-20(16(15)2)25-24(29)19-10-6-5-9-18(19)23(28)17-12-13-21(26(3)4)22(14-17)27(30)31/h5-14H,1-4H3,(H,25,29). The Morgan fingerprint density at radius 3 is 2.26 bits per heavy atom. The lowest BCUT2D eigenvalue weighted by molar-refractivity contribution is -0.384. The van der Waals surface area contributed by atoms with E-state index < -0.39 is 16.6 Å². The van der Waals surface area contributed by atoms with Crippen LogP contribution in [-0.2, 0) is 0 Å². The maximum Gasteiger partial charge on any atom is 0.293 e. The number of rotatable bonds is 6. The summed E-state index contributed by atoms with van der Waals surface area (Å²) in [7, 11) is 3.38. The van der Waals surface area contributed by atoms with E-state index in [1.807, 2.05) is 26.0 Å². The summed E-state index contributed by atoms with van der Waals surface area (Å²) < 4.78 is 0. The van der Waals surface area contributed by atoms with Gasteiger partial charge in [0.1, 0.15) is 5.69 Å². The van der Waals surface area contributed by atoms with Crippen molar-refractivity contribution in [1.82, 2.24) is 0 Å². The fourth-order valence-electron chi connectivity index (χ4n) is 3.30. The number of anilines is 2. The summed E-state index contributed by atoms with van der Waals surface area (Å²) in [6, 6.07) is 16.4. The first-order valence-corrected chi connectivity index (χ1v) is 9.67. The first kappa shape index (κ1) is 21.7. The van der Waals surface area contributed by atoms with Crippen molar-refractivity contribution in [3.05, 3.63) is 98.6 Å². The highest BCUT2D eigenvalue weighted by molar-refractivity contribution is 6.18. The van der Waals surface area contributed by atoms with Crippen LogP contribution in [0.2, 0.25) is 0 Å². The van der Waals surface area contributed by atoms with Crippen molar-refractivity contribution in [2.45, 2.75) is 13.8 Å². The highest BCUT2D eigenvalue weighted by Gasteiger charge is 2.23. The molecular weight excluding hydrogens is 394 g/mol. The molecule has 0 aromatic heterocycles. The molecule has 0 saturated heterocycles. The average Bonchev–Trinajstić information content (AvgIpc) is 2.75. The lowest BCUT2D eigenvalue weighted by Crippen LogP contribution is -2.18. The summed E-state index contributed by atoms with van der Waals surface area (Å²) in [5.74, 6) is -0.878. The van der Waals surface area contributed by atoms with Crippen molar-refractivity contribution >= 4 is 28.8 Å². The molecule has 3 rings (SSSR count). The zero-order valence-electron chi connectivity index (χ0n) is 17.8. The van der Waals surface area contributed by atoms with Crippen LogP contribution in [-0.4, -0.2) is 30.7 Å². The Bertz CT molecular complexity index is 1190. The minimum Gasteiger partial charge on any atom is -0.372 e. The zero-order valence-corrected chi connectivity index (χ0v) is 17.8. The maximum absolute atomic E-state index is 13.2. The number of aryl methyl sites for hydroxylation is 1. The molecule has 0 spiro atoms. The van der Waals surface area contributed by atoms with Crippen LogP contribution in [0.1, 0.15) is 37.4 Å². The van der Waals surface area contributed by atoms with Gasteiger partial charge in [-0.05, 0) is 49.2 Å². The van der Waals surface area contributed by atoms with E-state index in [1.165, 1.54) is 18.2 Å². The number of amides is 1. The summed E-state index contributed by atoms with van der Waals surface area (Å²) >= 11 is 0. The predicted octanol–water partition coefficient (Wildman–Crippen LogP) is 4.76. The van der Waals surface area contributed by atoms with E-state index >= 15 is 0 Å². The second-order valence-electron chi connectivity index (χ2n) is 7.43. The van der Waals surface area contributed by atoms with Crippen LogP contribution in [0.15, 0.2) is 60.7 Å². The van der Waals surface area contributed by atoms with Crippen molar-refractivity contribution in [2.24, 2.45) is 0 Å². The van der Waals surface area contributed by atoms with Crippen molar-refractivity contribution in [2.75, 3.05) is 24.3 Å². The number of benzene rings is 3. The number of carbonyl (C=O) groups excluding carboxylic acids is 2. The third kappa shape index (κ3) is 4.45. The molecule has 0 bridgehead atoms. The van der Waals surface area contributed by atoms with Crippen LogP contribution >= 0.6 is 0 Å². The molecule has 3 aromatic carbocycles. The topological polar surface area (TPSA) is 92.6 Å². The highest BCUT2D eigenvalue weighted by atomic mass is 16.6. The van der Waals surface area contributed by atoms with E-state index in [-0.39, 0.29) is 22.4 Å². The van der Waals surface area contributed by atoms with Crippen LogP contribution in [0.4, 0.5) is 17.1 Å². The van der Waals surface area contributed by atoms with Gasteiger partial charge in [0.25, 0.3) is 11.6 Å². The molecule has 0 aliphatic heterocycles. The Balaban J connectivity index is 1.99. The van der Waals surface area contributed by atoms with Crippen LogP contribution in [0, 0.1) is 24.0 Å². The van der Waals surface area contributed by atoms with Crippen LogP contribution in [0.3, 0.4) is 0 Å². The van der Waals surface area contributed by atoms with E-state index in [1.54, 1.807) is 49.3 Å². The summed E-state index contributed by atoms with van der Waals surface area (Å²) in [4.78, 5) is 38.7. The smallest absolute Gasteiger partial charge is 0.293 e. The minimum absolute atomic E-state index is 0.143. The van der Waals surface area contributed by atoms with E-state index in [2.05, 4.69) is 5.32 Å². The molecule has 0 unspecified atom stereocenters. The Labute approximate surface area is 180 Å². The third-order valence-corrected chi connectivity index (χ3v) is 5.19. The van der Waals surface area contributed by atoms with Gasteiger partial charge in [-0.3, -0.25) is 19.7 Å². The molecule has 0 saturated carbocycles. The fraction of sp³-hybridized carbons (Fsp3) is 0.167. The number of ketones is 1. The lowest BCUT2D eigenvalue weighted by atomic mass is 9.97. The molecule has 1 amide bonds. The van der Waals surface area contributed by atoms with Crippen LogP contribution in [0.5, 0.6) is 0 Å². The van der Waals surface area contributed by atoms with Gasteiger partial charge in [0.2, 0.25) is 0 Å². The molecule has 3 aromatic rings. The van der Waals surface area contributed by atoms with Gasteiger partial charge in [0.15, 0.2) is 5.78 Å². The van der Waals surface area contributed by atoms with Crippen LogP contribution in [0.25, 0.3) is 0 Å². The summed E-state index contributed by atoms with van der Waals surface area (Å²) in [6.07, 6.45) is 0. The van der Waals surface area contributed by atoms with Gasteiger partial charge in [0.05, 0.1) is 10.5 Å². The van der Waals surface area contributed by atoms with E-state index in [9.17, 15) is 19.7 Å². The minimum atomic E-state index is -0.523. The van der Waals surface area contributed by atoms with Crippen LogP contribution < -0.4 is 10.2 Å².